The Morgan fingerprint density at radius 1 is 1.28 bits per heavy atom. The maximum absolute atomic E-state index is 12.4. The molecule has 3 saturated heterocycles. The predicted octanol–water partition coefficient (Wildman–Crippen LogP) is 0.612. The topological polar surface area (TPSA) is 102 Å². The molecule has 1 aromatic rings. The SMILES string of the molecule is Cc1ncccc1O[C@H]1CO[C@H]2[C@@H]1OC[C@@H]2NC(=O)NC1CC(=O)N(C(C)C)C1. The second-order valence-corrected chi connectivity index (χ2v) is 8.10. The third-order valence-corrected chi connectivity index (χ3v) is 5.68. The van der Waals surface area contributed by atoms with Crippen LogP contribution in [0.25, 0.3) is 0 Å². The zero-order valence-corrected chi connectivity index (χ0v) is 17.0. The fourth-order valence-electron chi connectivity index (χ4n) is 4.17. The van der Waals surface area contributed by atoms with Crippen LogP contribution in [0.2, 0.25) is 0 Å². The van der Waals surface area contributed by atoms with Crippen LogP contribution in [0, 0.1) is 6.92 Å². The van der Waals surface area contributed by atoms with Gasteiger partial charge in [-0.3, -0.25) is 9.78 Å². The number of carbonyl (C=O) groups excluding carboxylic acids is 2. The molecular formula is C20H28N4O5. The normalized spacial score (nSPS) is 31.2. The molecule has 1 unspecified atom stereocenters. The highest BCUT2D eigenvalue weighted by atomic mass is 16.6. The van der Waals surface area contributed by atoms with E-state index >= 15 is 0 Å². The number of fused-ring (bicyclic) bond motifs is 1. The quantitative estimate of drug-likeness (QED) is 0.746. The summed E-state index contributed by atoms with van der Waals surface area (Å²) in [6, 6.07) is 3.08. The van der Waals surface area contributed by atoms with E-state index in [4.69, 9.17) is 14.2 Å². The summed E-state index contributed by atoms with van der Waals surface area (Å²) in [6.45, 7) is 7.12. The molecule has 3 aliphatic heterocycles. The van der Waals surface area contributed by atoms with Crippen LogP contribution < -0.4 is 15.4 Å². The van der Waals surface area contributed by atoms with Crippen molar-refractivity contribution in [1.29, 1.82) is 0 Å². The second-order valence-electron chi connectivity index (χ2n) is 8.10. The van der Waals surface area contributed by atoms with Crippen molar-refractivity contribution in [3.05, 3.63) is 24.0 Å². The fraction of sp³-hybridized carbons (Fsp3) is 0.650. The van der Waals surface area contributed by atoms with Gasteiger partial charge in [0, 0.05) is 25.2 Å². The molecular weight excluding hydrogens is 376 g/mol. The number of nitrogens with one attached hydrogen (secondary N) is 2. The van der Waals surface area contributed by atoms with Gasteiger partial charge in [-0.25, -0.2) is 4.79 Å². The zero-order valence-electron chi connectivity index (χ0n) is 17.0. The number of amides is 3. The summed E-state index contributed by atoms with van der Waals surface area (Å²) >= 11 is 0. The van der Waals surface area contributed by atoms with E-state index in [1.807, 2.05) is 32.9 Å². The number of rotatable bonds is 5. The van der Waals surface area contributed by atoms with Crippen LogP contribution in [0.15, 0.2) is 18.3 Å². The molecule has 4 rings (SSSR count). The predicted molar refractivity (Wildman–Crippen MR) is 104 cm³/mol. The van der Waals surface area contributed by atoms with E-state index in [1.165, 1.54) is 0 Å². The van der Waals surface area contributed by atoms with Gasteiger partial charge in [-0.2, -0.15) is 0 Å². The number of ether oxygens (including phenoxy) is 3. The molecule has 29 heavy (non-hydrogen) atoms. The number of urea groups is 1. The van der Waals surface area contributed by atoms with Crippen molar-refractivity contribution >= 4 is 11.9 Å². The summed E-state index contributed by atoms with van der Waals surface area (Å²) in [5.41, 5.74) is 0.810. The molecule has 3 fully saturated rings. The summed E-state index contributed by atoms with van der Waals surface area (Å²) in [5, 5.41) is 5.83. The Labute approximate surface area is 170 Å². The lowest BCUT2D eigenvalue weighted by atomic mass is 10.1. The van der Waals surface area contributed by atoms with Gasteiger partial charge in [0.2, 0.25) is 5.91 Å². The number of pyridine rings is 1. The Morgan fingerprint density at radius 3 is 2.79 bits per heavy atom. The summed E-state index contributed by atoms with van der Waals surface area (Å²) in [4.78, 5) is 30.5. The number of carbonyl (C=O) groups is 2. The highest BCUT2D eigenvalue weighted by Crippen LogP contribution is 2.30. The lowest BCUT2D eigenvalue weighted by Crippen LogP contribution is -2.51. The molecule has 9 nitrogen and oxygen atoms in total. The van der Waals surface area contributed by atoms with Crippen LogP contribution in [0.4, 0.5) is 4.79 Å². The number of likely N-dealkylation sites (tertiary alicyclic amines) is 1. The molecule has 9 heteroatoms. The molecule has 4 heterocycles. The van der Waals surface area contributed by atoms with Crippen LogP contribution in [0.3, 0.4) is 0 Å². The number of hydrogen-bond acceptors (Lipinski definition) is 6. The Hall–Kier alpha value is -2.39. The minimum atomic E-state index is -0.307. The van der Waals surface area contributed by atoms with Gasteiger partial charge in [-0.1, -0.05) is 0 Å². The molecule has 3 aliphatic rings. The van der Waals surface area contributed by atoms with Crippen molar-refractivity contribution in [2.45, 2.75) is 63.6 Å². The number of hydrogen-bond donors (Lipinski definition) is 2. The van der Waals surface area contributed by atoms with E-state index in [0.29, 0.717) is 31.9 Å². The molecule has 0 aromatic carbocycles. The standard InChI is InChI=1S/C20H28N4O5/c1-11(2)24-8-13(7-17(24)25)22-20(26)23-14-9-27-19-16(10-28-18(14)19)29-15-5-4-6-21-12(15)3/h4-6,11,13-14,16,18-19H,7-10H2,1-3H3,(H2,22,23,26)/t13?,14-,16-,18+,19+/m0/s1. The minimum absolute atomic E-state index is 0.0689. The summed E-state index contributed by atoms with van der Waals surface area (Å²) < 4.78 is 17.8. The van der Waals surface area contributed by atoms with E-state index < -0.39 is 0 Å². The lowest BCUT2D eigenvalue weighted by Gasteiger charge is -2.22. The summed E-state index contributed by atoms with van der Waals surface area (Å²) in [5.74, 6) is 0.777. The first-order valence-electron chi connectivity index (χ1n) is 10.1. The van der Waals surface area contributed by atoms with E-state index in [9.17, 15) is 9.59 Å². The molecule has 3 amide bonds. The Kier molecular flexibility index (Phi) is 5.60. The summed E-state index contributed by atoms with van der Waals surface area (Å²) in [7, 11) is 0. The van der Waals surface area contributed by atoms with Crippen molar-refractivity contribution in [3.8, 4) is 5.75 Å². The highest BCUT2D eigenvalue weighted by Gasteiger charge is 2.49. The maximum atomic E-state index is 12.4. The van der Waals surface area contributed by atoms with Crippen LogP contribution in [-0.4, -0.2) is 78.0 Å². The van der Waals surface area contributed by atoms with Gasteiger partial charge in [0.25, 0.3) is 0 Å². The Morgan fingerprint density at radius 2 is 2.07 bits per heavy atom. The van der Waals surface area contributed by atoms with Crippen LogP contribution in [0.5, 0.6) is 5.75 Å². The Bertz CT molecular complexity index is 773. The second kappa shape index (κ2) is 8.16. The van der Waals surface area contributed by atoms with Crippen LogP contribution >= 0.6 is 0 Å². The van der Waals surface area contributed by atoms with Crippen LogP contribution in [-0.2, 0) is 14.3 Å². The third-order valence-electron chi connectivity index (χ3n) is 5.68. The van der Waals surface area contributed by atoms with Crippen molar-refractivity contribution in [2.24, 2.45) is 0 Å². The monoisotopic (exact) mass is 404 g/mol. The average molecular weight is 404 g/mol. The average Bonchev–Trinajstić information content (AvgIpc) is 3.34. The van der Waals surface area contributed by atoms with Gasteiger partial charge in [0.15, 0.2) is 6.10 Å². The Balaban J connectivity index is 1.29. The number of aryl methyl sites for hydroxylation is 1. The van der Waals surface area contributed by atoms with Crippen molar-refractivity contribution < 1.29 is 23.8 Å². The number of aromatic nitrogens is 1. The van der Waals surface area contributed by atoms with E-state index in [-0.39, 0.29) is 48.4 Å². The molecule has 0 bridgehead atoms. The lowest BCUT2D eigenvalue weighted by molar-refractivity contribution is -0.129. The molecule has 5 atom stereocenters. The van der Waals surface area contributed by atoms with Gasteiger partial charge in [0.05, 0.1) is 31.0 Å². The largest absolute Gasteiger partial charge is 0.483 e. The van der Waals surface area contributed by atoms with Gasteiger partial charge in [-0.05, 0) is 32.9 Å². The minimum Gasteiger partial charge on any atom is -0.483 e. The molecule has 2 N–H and O–H groups in total. The molecule has 0 saturated carbocycles. The molecule has 158 valence electrons. The first-order chi connectivity index (χ1) is 13.9. The molecule has 0 aliphatic carbocycles. The van der Waals surface area contributed by atoms with Gasteiger partial charge >= 0.3 is 6.03 Å². The summed E-state index contributed by atoms with van der Waals surface area (Å²) in [6.07, 6.45) is 1.30. The smallest absolute Gasteiger partial charge is 0.315 e. The highest BCUT2D eigenvalue weighted by molar-refractivity contribution is 5.82. The van der Waals surface area contributed by atoms with Crippen LogP contribution in [0.1, 0.15) is 26.0 Å². The van der Waals surface area contributed by atoms with Gasteiger partial charge in [-0.15, -0.1) is 0 Å². The van der Waals surface area contributed by atoms with E-state index in [0.717, 1.165) is 5.69 Å². The van der Waals surface area contributed by atoms with E-state index in [2.05, 4.69) is 15.6 Å². The maximum Gasteiger partial charge on any atom is 0.315 e. The van der Waals surface area contributed by atoms with Gasteiger partial charge < -0.3 is 29.7 Å². The zero-order chi connectivity index (χ0) is 20.5. The van der Waals surface area contributed by atoms with Crippen molar-refractivity contribution in [3.63, 3.8) is 0 Å². The molecule has 0 radical (unpaired) electrons. The first-order valence-corrected chi connectivity index (χ1v) is 10.1. The van der Waals surface area contributed by atoms with Crippen molar-refractivity contribution in [2.75, 3.05) is 19.8 Å². The van der Waals surface area contributed by atoms with Crippen molar-refractivity contribution in [1.82, 2.24) is 20.5 Å². The van der Waals surface area contributed by atoms with E-state index in [1.54, 1.807) is 11.1 Å². The molecule has 1 aromatic heterocycles. The first kappa shape index (κ1) is 19.9. The van der Waals surface area contributed by atoms with Gasteiger partial charge in [0.1, 0.15) is 18.0 Å². The fourth-order valence-corrected chi connectivity index (χ4v) is 4.17. The third kappa shape index (κ3) is 4.16. The number of nitrogens with zero attached hydrogens (tertiary/aromatic N) is 2. The molecule has 0 spiro atoms.